The molecule has 0 fully saturated rings. The first-order valence-electron chi connectivity index (χ1n) is 7.66. The average molecular weight is 300 g/mol. The lowest BCUT2D eigenvalue weighted by Gasteiger charge is -2.14. The molecule has 0 bridgehead atoms. The number of nitrogens with two attached hydrogens (primary N) is 1. The van der Waals surface area contributed by atoms with Crippen LogP contribution >= 0.6 is 0 Å². The molecule has 1 aliphatic rings. The molecule has 2 aromatic rings. The minimum Gasteiger partial charge on any atom is -0.461 e. The third-order valence-corrected chi connectivity index (χ3v) is 3.90. The molecular formula is C16H20N4O2. The summed E-state index contributed by atoms with van der Waals surface area (Å²) in [6.45, 7) is 3.35. The first-order valence-corrected chi connectivity index (χ1v) is 7.66. The number of ether oxygens (including phenoxy) is 1. The number of hydrogen-bond donors (Lipinski definition) is 1. The van der Waals surface area contributed by atoms with Gasteiger partial charge in [-0.25, -0.2) is 4.79 Å². The van der Waals surface area contributed by atoms with Gasteiger partial charge in [0.05, 0.1) is 12.3 Å². The molecule has 22 heavy (non-hydrogen) atoms. The first kappa shape index (κ1) is 14.7. The highest BCUT2D eigenvalue weighted by Gasteiger charge is 2.28. The van der Waals surface area contributed by atoms with Gasteiger partial charge >= 0.3 is 5.97 Å². The van der Waals surface area contributed by atoms with Gasteiger partial charge in [-0.15, -0.1) is 0 Å². The van der Waals surface area contributed by atoms with Gasteiger partial charge in [-0.3, -0.25) is 9.67 Å². The topological polar surface area (TPSA) is 83.0 Å². The Kier molecular flexibility index (Phi) is 4.20. The second-order valence-electron chi connectivity index (χ2n) is 5.29. The number of pyridine rings is 1. The van der Waals surface area contributed by atoms with Gasteiger partial charge < -0.3 is 10.5 Å². The van der Waals surface area contributed by atoms with Crippen LogP contribution in [0.25, 0.3) is 11.3 Å². The first-order chi connectivity index (χ1) is 10.8. The van der Waals surface area contributed by atoms with Crippen molar-refractivity contribution in [2.24, 2.45) is 5.73 Å². The largest absolute Gasteiger partial charge is 0.461 e. The lowest BCUT2D eigenvalue weighted by atomic mass is 9.90. The van der Waals surface area contributed by atoms with Crippen LogP contribution in [0.2, 0.25) is 0 Å². The molecule has 6 nitrogen and oxygen atoms in total. The van der Waals surface area contributed by atoms with Crippen molar-refractivity contribution in [2.45, 2.75) is 32.7 Å². The van der Waals surface area contributed by atoms with Gasteiger partial charge in [0, 0.05) is 30.1 Å². The maximum atomic E-state index is 12.3. The van der Waals surface area contributed by atoms with Crippen molar-refractivity contribution in [1.29, 1.82) is 0 Å². The summed E-state index contributed by atoms with van der Waals surface area (Å²) < 4.78 is 6.97. The number of carbonyl (C=O) groups excluding carboxylic acids is 1. The van der Waals surface area contributed by atoms with Crippen LogP contribution in [-0.4, -0.2) is 33.9 Å². The smallest absolute Gasteiger partial charge is 0.356 e. The van der Waals surface area contributed by atoms with E-state index in [0.717, 1.165) is 36.1 Å². The van der Waals surface area contributed by atoms with Gasteiger partial charge in [0.2, 0.25) is 0 Å². The van der Waals surface area contributed by atoms with E-state index in [9.17, 15) is 4.79 Å². The molecule has 1 aliphatic carbocycles. The SMILES string of the molecule is CCOC(=O)c1c2c(nn1CCCN)-c1ccncc1CC2. The summed E-state index contributed by atoms with van der Waals surface area (Å²) in [6, 6.07) is 1.96. The van der Waals surface area contributed by atoms with Crippen LogP contribution in [0.15, 0.2) is 18.5 Å². The Labute approximate surface area is 129 Å². The Bertz CT molecular complexity index is 693. The zero-order valence-electron chi connectivity index (χ0n) is 12.7. The van der Waals surface area contributed by atoms with Crippen molar-refractivity contribution in [1.82, 2.24) is 14.8 Å². The molecule has 0 amide bonds. The predicted octanol–water partition coefficient (Wildman–Crippen LogP) is 1.57. The fourth-order valence-electron chi connectivity index (χ4n) is 2.90. The predicted molar refractivity (Wildman–Crippen MR) is 82.5 cm³/mol. The Morgan fingerprint density at radius 3 is 3.09 bits per heavy atom. The summed E-state index contributed by atoms with van der Waals surface area (Å²) >= 11 is 0. The monoisotopic (exact) mass is 300 g/mol. The second kappa shape index (κ2) is 6.27. The molecule has 0 unspecified atom stereocenters. The van der Waals surface area contributed by atoms with E-state index in [1.54, 1.807) is 10.9 Å². The molecule has 3 rings (SSSR count). The third-order valence-electron chi connectivity index (χ3n) is 3.90. The number of carbonyl (C=O) groups is 1. The Hall–Kier alpha value is -2.21. The van der Waals surface area contributed by atoms with Crippen molar-refractivity contribution in [2.75, 3.05) is 13.2 Å². The van der Waals surface area contributed by atoms with Crippen LogP contribution in [0.5, 0.6) is 0 Å². The summed E-state index contributed by atoms with van der Waals surface area (Å²) in [6.07, 6.45) is 6.06. The van der Waals surface area contributed by atoms with E-state index in [4.69, 9.17) is 10.5 Å². The molecular weight excluding hydrogens is 280 g/mol. The fourth-order valence-corrected chi connectivity index (χ4v) is 2.90. The van der Waals surface area contributed by atoms with Crippen LogP contribution < -0.4 is 5.73 Å². The molecule has 6 heteroatoms. The number of aromatic nitrogens is 3. The van der Waals surface area contributed by atoms with Crippen LogP contribution in [0, 0.1) is 0 Å². The molecule has 0 saturated carbocycles. The molecule has 0 aromatic carbocycles. The number of aryl methyl sites for hydroxylation is 2. The second-order valence-corrected chi connectivity index (χ2v) is 5.29. The molecule has 2 heterocycles. The highest BCUT2D eigenvalue weighted by Crippen LogP contribution is 2.34. The van der Waals surface area contributed by atoms with E-state index < -0.39 is 0 Å². The van der Waals surface area contributed by atoms with Gasteiger partial charge in [-0.05, 0) is 44.4 Å². The molecule has 0 saturated heterocycles. The number of nitrogens with zero attached hydrogens (tertiary/aromatic N) is 3. The van der Waals surface area contributed by atoms with Crippen LogP contribution in [0.4, 0.5) is 0 Å². The molecule has 0 atom stereocenters. The van der Waals surface area contributed by atoms with Gasteiger partial charge in [0.1, 0.15) is 5.69 Å². The number of fused-ring (bicyclic) bond motifs is 3. The summed E-state index contributed by atoms with van der Waals surface area (Å²) in [7, 11) is 0. The number of hydrogen-bond acceptors (Lipinski definition) is 5. The zero-order valence-corrected chi connectivity index (χ0v) is 12.7. The maximum absolute atomic E-state index is 12.3. The lowest BCUT2D eigenvalue weighted by molar-refractivity contribution is 0.0510. The van der Waals surface area contributed by atoms with E-state index in [-0.39, 0.29) is 5.97 Å². The van der Waals surface area contributed by atoms with Crippen molar-refractivity contribution >= 4 is 5.97 Å². The zero-order chi connectivity index (χ0) is 15.5. The standard InChI is InChI=1S/C16H20N4O2/c1-2-22-16(21)15-13-5-4-11-10-18-8-6-12(11)14(13)19-20(15)9-3-7-17/h6,8,10H,2-5,7,9,17H2,1H3. The van der Waals surface area contributed by atoms with Crippen LogP contribution in [-0.2, 0) is 24.1 Å². The minimum atomic E-state index is -0.300. The highest BCUT2D eigenvalue weighted by molar-refractivity contribution is 5.92. The average Bonchev–Trinajstić information content (AvgIpc) is 2.92. The van der Waals surface area contributed by atoms with Crippen molar-refractivity contribution in [3.05, 3.63) is 35.3 Å². The van der Waals surface area contributed by atoms with Gasteiger partial charge in [-0.1, -0.05) is 0 Å². The van der Waals surface area contributed by atoms with E-state index >= 15 is 0 Å². The summed E-state index contributed by atoms with van der Waals surface area (Å²) in [5.74, 6) is -0.300. The van der Waals surface area contributed by atoms with E-state index in [1.807, 2.05) is 19.2 Å². The normalized spacial score (nSPS) is 12.6. The summed E-state index contributed by atoms with van der Waals surface area (Å²) in [5, 5.41) is 4.67. The fraction of sp³-hybridized carbons (Fsp3) is 0.438. The minimum absolute atomic E-state index is 0.300. The lowest BCUT2D eigenvalue weighted by Crippen LogP contribution is -2.17. The van der Waals surface area contributed by atoms with Crippen molar-refractivity contribution < 1.29 is 9.53 Å². The Morgan fingerprint density at radius 2 is 2.32 bits per heavy atom. The Balaban J connectivity index is 2.09. The molecule has 2 N–H and O–H groups in total. The molecule has 2 aromatic heterocycles. The van der Waals surface area contributed by atoms with Crippen LogP contribution in [0.1, 0.15) is 35.0 Å². The van der Waals surface area contributed by atoms with Crippen molar-refractivity contribution in [3.8, 4) is 11.3 Å². The summed E-state index contributed by atoms with van der Waals surface area (Å²) in [4.78, 5) is 16.5. The summed E-state index contributed by atoms with van der Waals surface area (Å²) in [5.41, 5.74) is 10.3. The highest BCUT2D eigenvalue weighted by atomic mass is 16.5. The number of esters is 1. The van der Waals surface area contributed by atoms with E-state index in [1.165, 1.54) is 5.56 Å². The quantitative estimate of drug-likeness (QED) is 0.847. The van der Waals surface area contributed by atoms with Gasteiger partial charge in [0.25, 0.3) is 0 Å². The molecule has 0 spiro atoms. The van der Waals surface area contributed by atoms with Crippen molar-refractivity contribution in [3.63, 3.8) is 0 Å². The number of rotatable bonds is 5. The van der Waals surface area contributed by atoms with Crippen LogP contribution in [0.3, 0.4) is 0 Å². The maximum Gasteiger partial charge on any atom is 0.356 e. The third kappa shape index (κ3) is 2.50. The van der Waals surface area contributed by atoms with E-state index in [2.05, 4.69) is 10.1 Å². The van der Waals surface area contributed by atoms with Gasteiger partial charge in [0.15, 0.2) is 0 Å². The molecule has 0 radical (unpaired) electrons. The van der Waals surface area contributed by atoms with E-state index in [0.29, 0.717) is 25.4 Å². The molecule has 116 valence electrons. The Morgan fingerprint density at radius 1 is 1.45 bits per heavy atom. The van der Waals surface area contributed by atoms with Gasteiger partial charge in [-0.2, -0.15) is 5.10 Å². The molecule has 0 aliphatic heterocycles.